The minimum absolute atomic E-state index is 0.00518. The van der Waals surface area contributed by atoms with Crippen molar-refractivity contribution in [2.45, 2.75) is 37.9 Å². The monoisotopic (exact) mass is 444 g/mol. The highest BCUT2D eigenvalue weighted by atomic mass is 19.4. The number of carbonyl (C=O) groups excluding carboxylic acids is 2. The lowest BCUT2D eigenvalue weighted by molar-refractivity contribution is -0.156. The van der Waals surface area contributed by atoms with Crippen LogP contribution in [0.4, 0.5) is 18.9 Å². The highest BCUT2D eigenvalue weighted by molar-refractivity contribution is 6.24. The van der Waals surface area contributed by atoms with Crippen molar-refractivity contribution in [1.82, 2.24) is 15.1 Å². The van der Waals surface area contributed by atoms with E-state index >= 15 is 0 Å². The fourth-order valence-electron chi connectivity index (χ4n) is 4.27. The van der Waals surface area contributed by atoms with E-state index in [9.17, 15) is 18.0 Å². The van der Waals surface area contributed by atoms with Gasteiger partial charge in [-0.2, -0.15) is 18.3 Å². The van der Waals surface area contributed by atoms with Gasteiger partial charge in [-0.25, -0.2) is 0 Å². The van der Waals surface area contributed by atoms with Crippen LogP contribution in [0.1, 0.15) is 41.3 Å². The molecule has 0 aliphatic carbocycles. The van der Waals surface area contributed by atoms with Gasteiger partial charge in [0.1, 0.15) is 0 Å². The Morgan fingerprint density at radius 1 is 1.19 bits per heavy atom. The number of halogens is 3. The number of anilines is 1. The van der Waals surface area contributed by atoms with Crippen molar-refractivity contribution in [3.05, 3.63) is 59.4 Å². The summed E-state index contributed by atoms with van der Waals surface area (Å²) in [5, 5.41) is 13.2. The maximum Gasteiger partial charge on any atom is 0.446 e. The lowest BCUT2D eigenvalue weighted by Crippen LogP contribution is -2.42. The Kier molecular flexibility index (Phi) is 5.77. The Balaban J connectivity index is 0.000000363. The van der Waals surface area contributed by atoms with E-state index in [0.717, 1.165) is 54.4 Å². The molecule has 1 amide bonds. The number of piperidine rings is 1. The minimum atomic E-state index is -4.64. The van der Waals surface area contributed by atoms with Crippen molar-refractivity contribution in [2.24, 2.45) is 0 Å². The number of carbonyl (C=O) groups is 2. The molecule has 3 heterocycles. The molecule has 0 atom stereocenters. The number of benzene rings is 2. The number of amides is 1. The van der Waals surface area contributed by atoms with Crippen molar-refractivity contribution in [3.63, 3.8) is 0 Å². The van der Waals surface area contributed by atoms with E-state index in [1.807, 2.05) is 24.4 Å². The smallest absolute Gasteiger partial charge is 0.321 e. The van der Waals surface area contributed by atoms with Gasteiger partial charge < -0.3 is 10.6 Å². The van der Waals surface area contributed by atoms with Crippen LogP contribution in [0, 0.1) is 0 Å². The molecule has 1 aromatic heterocycles. The van der Waals surface area contributed by atoms with E-state index in [1.54, 1.807) is 0 Å². The molecule has 1 fully saturated rings. The molecule has 5 rings (SSSR count). The van der Waals surface area contributed by atoms with Crippen LogP contribution in [0.3, 0.4) is 0 Å². The molecular weight excluding hydrogens is 421 g/mol. The summed E-state index contributed by atoms with van der Waals surface area (Å²) >= 11 is 0. The van der Waals surface area contributed by atoms with Crippen LogP contribution >= 0.6 is 0 Å². The zero-order valence-electron chi connectivity index (χ0n) is 17.5. The summed E-state index contributed by atoms with van der Waals surface area (Å²) in [6.07, 6.45) is 1.50. The predicted molar refractivity (Wildman–Crippen MR) is 115 cm³/mol. The zero-order valence-corrected chi connectivity index (χ0v) is 17.5. The van der Waals surface area contributed by atoms with Crippen LogP contribution in [0.25, 0.3) is 10.8 Å². The molecule has 2 aromatic carbocycles. The molecule has 0 spiro atoms. The van der Waals surface area contributed by atoms with Gasteiger partial charge >= 0.3 is 6.18 Å². The summed E-state index contributed by atoms with van der Waals surface area (Å²) in [6, 6.07) is 10.1. The van der Waals surface area contributed by atoms with Gasteiger partial charge in [0.25, 0.3) is 5.91 Å². The van der Waals surface area contributed by atoms with E-state index in [1.165, 1.54) is 11.1 Å². The largest absolute Gasteiger partial charge is 0.446 e. The van der Waals surface area contributed by atoms with Crippen LogP contribution in [0.2, 0.25) is 0 Å². The fourth-order valence-corrected chi connectivity index (χ4v) is 4.27. The first-order valence-corrected chi connectivity index (χ1v) is 10.3. The summed E-state index contributed by atoms with van der Waals surface area (Å²) in [7, 11) is 0. The maximum atomic E-state index is 12.1. The van der Waals surface area contributed by atoms with E-state index in [0.29, 0.717) is 0 Å². The summed E-state index contributed by atoms with van der Waals surface area (Å²) < 4.78 is 33.4. The Bertz CT molecular complexity index is 1160. The third-order valence-electron chi connectivity index (χ3n) is 6.02. The molecule has 1 saturated heterocycles. The van der Waals surface area contributed by atoms with Crippen molar-refractivity contribution in [1.29, 1.82) is 0 Å². The minimum Gasteiger partial charge on any atom is -0.321 e. The second kappa shape index (κ2) is 8.38. The van der Waals surface area contributed by atoms with E-state index in [-0.39, 0.29) is 11.4 Å². The molecule has 0 saturated carbocycles. The number of hydrogen-bond donors (Lipinski definition) is 2. The summed E-state index contributed by atoms with van der Waals surface area (Å²) in [4.78, 5) is 20.8. The van der Waals surface area contributed by atoms with Crippen LogP contribution in [0.5, 0.6) is 0 Å². The number of rotatable bonds is 3. The average molecular weight is 444 g/mol. The van der Waals surface area contributed by atoms with Gasteiger partial charge in [0.05, 0.1) is 11.7 Å². The molecular formula is C23H23F3N4O2. The first-order chi connectivity index (χ1) is 15.2. The van der Waals surface area contributed by atoms with Crippen LogP contribution in [-0.2, 0) is 16.8 Å². The molecule has 9 heteroatoms. The second-order valence-electron chi connectivity index (χ2n) is 8.33. The Morgan fingerprint density at radius 2 is 1.91 bits per heavy atom. The quantitative estimate of drug-likeness (QED) is 0.598. The van der Waals surface area contributed by atoms with Crippen molar-refractivity contribution in [3.8, 4) is 0 Å². The third-order valence-corrected chi connectivity index (χ3v) is 6.02. The van der Waals surface area contributed by atoms with Crippen molar-refractivity contribution < 1.29 is 22.8 Å². The van der Waals surface area contributed by atoms with Gasteiger partial charge in [-0.05, 0) is 61.5 Å². The second-order valence-corrected chi connectivity index (χ2v) is 8.33. The van der Waals surface area contributed by atoms with Gasteiger partial charge in [0.2, 0.25) is 6.29 Å². The first kappa shape index (κ1) is 22.0. The number of aromatic nitrogens is 2. The third kappa shape index (κ3) is 4.38. The van der Waals surface area contributed by atoms with Crippen LogP contribution in [-0.4, -0.2) is 41.2 Å². The number of nitrogens with zero attached hydrogens (tertiary/aromatic N) is 2. The van der Waals surface area contributed by atoms with Gasteiger partial charge in [0, 0.05) is 29.3 Å². The highest BCUT2D eigenvalue weighted by Crippen LogP contribution is 2.36. The van der Waals surface area contributed by atoms with E-state index < -0.39 is 12.5 Å². The van der Waals surface area contributed by atoms with E-state index in [4.69, 9.17) is 4.79 Å². The number of alkyl halides is 3. The molecule has 168 valence electrons. The van der Waals surface area contributed by atoms with Crippen LogP contribution in [0.15, 0.2) is 42.7 Å². The topological polar surface area (TPSA) is 76.0 Å². The average Bonchev–Trinajstić information content (AvgIpc) is 3.37. The number of aldehydes is 1. The Hall–Kier alpha value is -3.20. The molecule has 3 aromatic rings. The zero-order chi connectivity index (χ0) is 22.9. The van der Waals surface area contributed by atoms with Gasteiger partial charge in [-0.3, -0.25) is 14.3 Å². The predicted octanol–water partition coefficient (Wildman–Crippen LogP) is 4.04. The van der Waals surface area contributed by atoms with Gasteiger partial charge in [-0.15, -0.1) is 0 Å². The molecule has 2 aliphatic rings. The molecule has 6 nitrogen and oxygen atoms in total. The van der Waals surface area contributed by atoms with Crippen LogP contribution < -0.4 is 10.6 Å². The van der Waals surface area contributed by atoms with Gasteiger partial charge in [0.15, 0.2) is 0 Å². The number of nitrogens with one attached hydrogen (secondary N) is 2. The molecule has 0 bridgehead atoms. The summed E-state index contributed by atoms with van der Waals surface area (Å²) in [6.45, 7) is 4.38. The standard InChI is InChI=1S/C21H22N4O.C2HF3O/c1-21(7-9-22-10-8-21)25-13-14(12-23-25)11-15-5-6-18-19-16(15)3-2-4-17(19)20(26)24-18;3-2(4,5)1-6/h2-6,12-13,22H,7-11H2,1H3,(H,24,26);1H. The lowest BCUT2D eigenvalue weighted by Gasteiger charge is -2.34. The first-order valence-electron chi connectivity index (χ1n) is 10.3. The van der Waals surface area contributed by atoms with E-state index in [2.05, 4.69) is 45.7 Å². The lowest BCUT2D eigenvalue weighted by atomic mass is 9.91. The number of hydrogen-bond acceptors (Lipinski definition) is 4. The molecule has 32 heavy (non-hydrogen) atoms. The fraction of sp³-hybridized carbons (Fsp3) is 0.348. The van der Waals surface area contributed by atoms with Gasteiger partial charge in [-0.1, -0.05) is 18.2 Å². The molecule has 0 unspecified atom stereocenters. The molecule has 2 N–H and O–H groups in total. The maximum absolute atomic E-state index is 12.1. The molecule has 0 radical (unpaired) electrons. The summed E-state index contributed by atoms with van der Waals surface area (Å²) in [5.41, 5.74) is 4.24. The normalized spacial score (nSPS) is 16.9. The highest BCUT2D eigenvalue weighted by Gasteiger charge is 2.29. The Morgan fingerprint density at radius 3 is 2.59 bits per heavy atom. The van der Waals surface area contributed by atoms with Crippen molar-refractivity contribution >= 4 is 28.7 Å². The summed E-state index contributed by atoms with van der Waals surface area (Å²) in [5.74, 6) is -0.00518. The SMILES string of the molecule is CC1(n2cc(Cc3ccc4c5c(cccc35)C(=O)N4)cn2)CCNCC1.O=CC(F)(F)F. The Labute approximate surface area is 182 Å². The van der Waals surface area contributed by atoms with Crippen molar-refractivity contribution in [2.75, 3.05) is 18.4 Å². The molecule has 2 aliphatic heterocycles.